The summed E-state index contributed by atoms with van der Waals surface area (Å²) in [6.45, 7) is 0. The first kappa shape index (κ1) is 18.1. The van der Waals surface area contributed by atoms with E-state index in [0.717, 1.165) is 6.08 Å². The zero-order chi connectivity index (χ0) is 18.1. The van der Waals surface area contributed by atoms with Crippen LogP contribution in [-0.2, 0) is 9.59 Å². The van der Waals surface area contributed by atoms with Gasteiger partial charge in [0.25, 0.3) is 0 Å². The van der Waals surface area contributed by atoms with Crippen molar-refractivity contribution >= 4 is 17.8 Å². The van der Waals surface area contributed by atoms with Gasteiger partial charge in [0.15, 0.2) is 17.0 Å². The summed E-state index contributed by atoms with van der Waals surface area (Å²) in [5.74, 6) is -2.74. The maximum atomic E-state index is 12.3. The van der Waals surface area contributed by atoms with Crippen LogP contribution in [0, 0.1) is 0 Å². The molecule has 1 fully saturated rings. The summed E-state index contributed by atoms with van der Waals surface area (Å²) in [5, 5.41) is 58.3. The lowest BCUT2D eigenvalue weighted by atomic mass is 9.70. The van der Waals surface area contributed by atoms with Gasteiger partial charge in [-0.05, 0) is 23.8 Å². The number of ketones is 1. The number of carbonyl (C=O) groups is 2. The third kappa shape index (κ3) is 3.31. The van der Waals surface area contributed by atoms with E-state index in [1.54, 1.807) is 0 Å². The lowest BCUT2D eigenvalue weighted by Gasteiger charge is -2.44. The van der Waals surface area contributed by atoms with Gasteiger partial charge < -0.3 is 30.6 Å². The summed E-state index contributed by atoms with van der Waals surface area (Å²) >= 11 is 0. The summed E-state index contributed by atoms with van der Waals surface area (Å²) in [4.78, 5) is 23.4. The SMILES string of the molecule is O=C(O)C1(O)C[C@@H](O)[C@H](O)[C@@](O)(C(=O)/C=C/c2ccc(O)cc2)C1. The number of hydrogen-bond acceptors (Lipinski definition) is 7. The van der Waals surface area contributed by atoms with Gasteiger partial charge in [-0.1, -0.05) is 18.2 Å². The molecule has 8 nitrogen and oxygen atoms in total. The number of carboxylic acids is 1. The Kier molecular flexibility index (Phi) is 4.77. The van der Waals surface area contributed by atoms with E-state index in [9.17, 15) is 35.1 Å². The number of benzene rings is 1. The van der Waals surface area contributed by atoms with E-state index < -0.39 is 48.0 Å². The highest BCUT2D eigenvalue weighted by atomic mass is 16.4. The molecule has 0 bridgehead atoms. The van der Waals surface area contributed by atoms with Gasteiger partial charge in [0, 0.05) is 12.8 Å². The van der Waals surface area contributed by atoms with Crippen molar-refractivity contribution in [3.8, 4) is 5.75 Å². The van der Waals surface area contributed by atoms with Crippen molar-refractivity contribution in [1.82, 2.24) is 0 Å². The van der Waals surface area contributed by atoms with E-state index >= 15 is 0 Å². The maximum absolute atomic E-state index is 12.3. The van der Waals surface area contributed by atoms with Gasteiger partial charge in [0.05, 0.1) is 6.10 Å². The maximum Gasteiger partial charge on any atom is 0.335 e. The number of aliphatic carboxylic acids is 1. The van der Waals surface area contributed by atoms with E-state index in [1.165, 1.54) is 30.3 Å². The van der Waals surface area contributed by atoms with Crippen LogP contribution in [0.3, 0.4) is 0 Å². The van der Waals surface area contributed by atoms with Gasteiger partial charge in [-0.25, -0.2) is 4.79 Å². The zero-order valence-electron chi connectivity index (χ0n) is 12.5. The number of hydrogen-bond donors (Lipinski definition) is 6. The minimum absolute atomic E-state index is 0.0226. The highest BCUT2D eigenvalue weighted by Crippen LogP contribution is 2.37. The fourth-order valence-electron chi connectivity index (χ4n) is 2.70. The Labute approximate surface area is 136 Å². The molecule has 2 rings (SSSR count). The highest BCUT2D eigenvalue weighted by Gasteiger charge is 2.58. The predicted molar refractivity (Wildman–Crippen MR) is 80.9 cm³/mol. The van der Waals surface area contributed by atoms with Crippen LogP contribution in [-0.4, -0.2) is 65.8 Å². The fourth-order valence-corrected chi connectivity index (χ4v) is 2.70. The summed E-state index contributed by atoms with van der Waals surface area (Å²) in [5.41, 5.74) is -4.67. The summed E-state index contributed by atoms with van der Waals surface area (Å²) in [6.07, 6.45) is -3.18. The van der Waals surface area contributed by atoms with Crippen LogP contribution < -0.4 is 0 Å². The highest BCUT2D eigenvalue weighted by molar-refractivity contribution is 6.01. The molecule has 1 aliphatic carbocycles. The minimum atomic E-state index is -2.64. The molecule has 0 radical (unpaired) electrons. The minimum Gasteiger partial charge on any atom is -0.508 e. The van der Waals surface area contributed by atoms with Crippen LogP contribution >= 0.6 is 0 Å². The number of carbonyl (C=O) groups excluding carboxylic acids is 1. The molecule has 0 aliphatic heterocycles. The molecule has 0 saturated heterocycles. The van der Waals surface area contributed by atoms with Crippen LogP contribution in [0.25, 0.3) is 6.08 Å². The normalized spacial score (nSPS) is 33.5. The number of rotatable bonds is 4. The number of phenolic OH excluding ortho intramolecular Hbond substituents is 1. The lowest BCUT2D eigenvalue weighted by molar-refractivity contribution is -0.212. The molecule has 1 saturated carbocycles. The van der Waals surface area contributed by atoms with E-state index in [4.69, 9.17) is 5.11 Å². The molecule has 0 aromatic heterocycles. The molecule has 0 heterocycles. The van der Waals surface area contributed by atoms with Gasteiger partial charge in [-0.3, -0.25) is 4.79 Å². The number of phenols is 1. The average Bonchev–Trinajstić information content (AvgIpc) is 2.51. The van der Waals surface area contributed by atoms with Gasteiger partial charge >= 0.3 is 5.97 Å². The first-order chi connectivity index (χ1) is 11.1. The molecule has 0 amide bonds. The number of carboxylic acid groups (broad SMARTS) is 1. The Morgan fingerprint density at radius 2 is 1.71 bits per heavy atom. The topological polar surface area (TPSA) is 156 Å². The first-order valence-electron chi connectivity index (χ1n) is 7.14. The standard InChI is InChI=1S/C16H18O8/c17-10-4-1-9(2-5-10)3-6-12(19)16(24)8-15(23,14(21)22)7-11(18)13(16)20/h1-6,11,13,17-18,20,23-24H,7-8H2,(H,21,22)/b6-3+/t11-,13+,15?,16+/m1/s1. The summed E-state index contributed by atoms with van der Waals surface area (Å²) in [6, 6.07) is 5.73. The van der Waals surface area contributed by atoms with E-state index in [-0.39, 0.29) is 5.75 Å². The van der Waals surface area contributed by atoms with Crippen LogP contribution in [0.4, 0.5) is 0 Å². The van der Waals surface area contributed by atoms with E-state index in [2.05, 4.69) is 0 Å². The summed E-state index contributed by atoms with van der Waals surface area (Å²) < 4.78 is 0. The van der Waals surface area contributed by atoms with Crippen molar-refractivity contribution in [3.63, 3.8) is 0 Å². The Hall–Kier alpha value is -2.26. The summed E-state index contributed by atoms with van der Waals surface area (Å²) in [7, 11) is 0. The van der Waals surface area contributed by atoms with Gasteiger partial charge in [-0.2, -0.15) is 0 Å². The van der Waals surface area contributed by atoms with Gasteiger partial charge in [0.1, 0.15) is 11.9 Å². The van der Waals surface area contributed by atoms with Crippen molar-refractivity contribution in [2.45, 2.75) is 36.3 Å². The molecular weight excluding hydrogens is 320 g/mol. The molecule has 24 heavy (non-hydrogen) atoms. The van der Waals surface area contributed by atoms with Crippen molar-refractivity contribution in [2.24, 2.45) is 0 Å². The molecule has 0 spiro atoms. The lowest BCUT2D eigenvalue weighted by Crippen LogP contribution is -2.65. The molecule has 4 atom stereocenters. The Balaban J connectivity index is 2.27. The second-order valence-electron chi connectivity index (χ2n) is 5.94. The first-order valence-corrected chi connectivity index (χ1v) is 7.14. The third-order valence-corrected chi connectivity index (χ3v) is 4.11. The van der Waals surface area contributed by atoms with Crippen LogP contribution in [0.5, 0.6) is 5.75 Å². The Morgan fingerprint density at radius 1 is 1.12 bits per heavy atom. The second kappa shape index (κ2) is 6.33. The smallest absolute Gasteiger partial charge is 0.335 e. The Morgan fingerprint density at radius 3 is 2.25 bits per heavy atom. The second-order valence-corrected chi connectivity index (χ2v) is 5.94. The number of aromatic hydroxyl groups is 1. The number of aliphatic hydroxyl groups excluding tert-OH is 2. The number of aliphatic hydroxyl groups is 4. The molecule has 8 heteroatoms. The van der Waals surface area contributed by atoms with Gasteiger partial charge in [-0.15, -0.1) is 0 Å². The van der Waals surface area contributed by atoms with Crippen LogP contribution in [0.2, 0.25) is 0 Å². The van der Waals surface area contributed by atoms with E-state index in [0.29, 0.717) is 5.56 Å². The van der Waals surface area contributed by atoms with Crippen LogP contribution in [0.15, 0.2) is 30.3 Å². The average molecular weight is 338 g/mol. The van der Waals surface area contributed by atoms with E-state index in [1.807, 2.05) is 0 Å². The van der Waals surface area contributed by atoms with Crippen molar-refractivity contribution in [3.05, 3.63) is 35.9 Å². The molecule has 1 aliphatic rings. The van der Waals surface area contributed by atoms with Crippen molar-refractivity contribution < 1.29 is 40.2 Å². The zero-order valence-corrected chi connectivity index (χ0v) is 12.5. The predicted octanol–water partition coefficient (Wildman–Crippen LogP) is -0.963. The van der Waals surface area contributed by atoms with Crippen molar-refractivity contribution in [2.75, 3.05) is 0 Å². The molecule has 6 N–H and O–H groups in total. The molecule has 1 unspecified atom stereocenters. The molecule has 1 aromatic rings. The third-order valence-electron chi connectivity index (χ3n) is 4.11. The molecule has 1 aromatic carbocycles. The molecule has 130 valence electrons. The monoisotopic (exact) mass is 338 g/mol. The fraction of sp³-hybridized carbons (Fsp3) is 0.375. The largest absolute Gasteiger partial charge is 0.508 e. The van der Waals surface area contributed by atoms with Crippen LogP contribution in [0.1, 0.15) is 18.4 Å². The van der Waals surface area contributed by atoms with Gasteiger partial charge in [0.2, 0.25) is 0 Å². The quantitative estimate of drug-likeness (QED) is 0.383. The Bertz CT molecular complexity index is 667. The van der Waals surface area contributed by atoms with Crippen molar-refractivity contribution in [1.29, 1.82) is 0 Å². The molecular formula is C16H18O8.